The summed E-state index contributed by atoms with van der Waals surface area (Å²) in [5.41, 5.74) is 6.79. The molecule has 0 aliphatic carbocycles. The van der Waals surface area contributed by atoms with E-state index in [9.17, 15) is 4.79 Å². The molecule has 0 fully saturated rings. The fourth-order valence-corrected chi connectivity index (χ4v) is 2.18. The average Bonchev–Trinajstić information content (AvgIpc) is 2.46. The Bertz CT molecular complexity index is 379. The Hall–Kier alpha value is -0.940. The van der Waals surface area contributed by atoms with Gasteiger partial charge in [-0.05, 0) is 18.8 Å². The van der Waals surface area contributed by atoms with Gasteiger partial charge >= 0.3 is 0 Å². The van der Waals surface area contributed by atoms with Gasteiger partial charge in [-0.2, -0.15) is 0 Å². The minimum atomic E-state index is -0.121. The van der Waals surface area contributed by atoms with Crippen molar-refractivity contribution in [2.75, 3.05) is 5.32 Å². The summed E-state index contributed by atoms with van der Waals surface area (Å²) in [6, 6.07) is -0.121. The maximum absolute atomic E-state index is 11.5. The normalized spacial score (nSPS) is 13.5. The van der Waals surface area contributed by atoms with Crippen LogP contribution in [0.5, 0.6) is 0 Å². The molecule has 1 aromatic rings. The summed E-state index contributed by atoms with van der Waals surface area (Å²) >= 11 is 1.46. The summed E-state index contributed by atoms with van der Waals surface area (Å²) in [7, 11) is 0. The third-order valence-electron chi connectivity index (χ3n) is 2.02. The number of hydrogen-bond donors (Lipinski definition) is 2. The summed E-state index contributed by atoms with van der Waals surface area (Å²) in [6.07, 6.45) is 1.24. The first kappa shape index (κ1) is 14.1. The van der Waals surface area contributed by atoms with Crippen molar-refractivity contribution in [3.8, 4) is 0 Å². The lowest BCUT2D eigenvalue weighted by Gasteiger charge is -2.15. The molecule has 0 saturated heterocycles. The highest BCUT2D eigenvalue weighted by molar-refractivity contribution is 7.13. The first-order valence-corrected chi connectivity index (χ1v) is 6.64. The number of nitrogens with one attached hydrogen (secondary N) is 1. The van der Waals surface area contributed by atoms with Crippen LogP contribution in [-0.2, 0) is 11.2 Å². The molecule has 1 rings (SSSR count). The fourth-order valence-electron chi connectivity index (χ4n) is 1.45. The molecule has 0 aromatic carbocycles. The van der Waals surface area contributed by atoms with Crippen LogP contribution in [-0.4, -0.2) is 16.9 Å². The van der Waals surface area contributed by atoms with Crippen molar-refractivity contribution >= 4 is 22.4 Å². The minimum Gasteiger partial charge on any atom is -0.327 e. The van der Waals surface area contributed by atoms with Crippen LogP contribution in [0.4, 0.5) is 5.13 Å². The fraction of sp³-hybridized carbons (Fsp3) is 0.667. The molecule has 1 heterocycles. The molecule has 0 aliphatic heterocycles. The lowest BCUT2D eigenvalue weighted by molar-refractivity contribution is -0.116. The van der Waals surface area contributed by atoms with Gasteiger partial charge in [0.2, 0.25) is 5.91 Å². The molecule has 0 bridgehead atoms. The van der Waals surface area contributed by atoms with Crippen molar-refractivity contribution in [3.63, 3.8) is 0 Å². The summed E-state index contributed by atoms with van der Waals surface area (Å²) in [5, 5.41) is 5.42. The van der Waals surface area contributed by atoms with Crippen LogP contribution in [0.15, 0.2) is 5.38 Å². The molecule has 3 N–H and O–H groups in total. The summed E-state index contributed by atoms with van der Waals surface area (Å²) in [6.45, 7) is 8.31. The number of nitrogens with zero attached hydrogens (tertiary/aromatic N) is 1. The number of carbonyl (C=O) groups excluding carboxylic acids is 1. The number of aromatic nitrogens is 1. The predicted molar refractivity (Wildman–Crippen MR) is 72.2 cm³/mol. The van der Waals surface area contributed by atoms with E-state index in [1.165, 1.54) is 11.3 Å². The SMILES string of the molecule is CC(N)CC(=O)Nc1nc(CC(C)(C)C)cs1. The standard InChI is InChI=1S/C12H21N3OS/c1-8(13)5-10(16)15-11-14-9(7-17-11)6-12(2,3)4/h7-8H,5-6,13H2,1-4H3,(H,14,15,16). The van der Waals surface area contributed by atoms with Gasteiger partial charge in [-0.25, -0.2) is 4.98 Å². The van der Waals surface area contributed by atoms with Gasteiger partial charge in [0.15, 0.2) is 5.13 Å². The third kappa shape index (κ3) is 5.79. The van der Waals surface area contributed by atoms with Gasteiger partial charge < -0.3 is 11.1 Å². The smallest absolute Gasteiger partial charge is 0.227 e. The number of rotatable bonds is 4. The molecular weight excluding hydrogens is 234 g/mol. The van der Waals surface area contributed by atoms with Crippen LogP contribution in [0.1, 0.15) is 39.8 Å². The second-order valence-corrected chi connectivity index (χ2v) is 6.47. The Morgan fingerprint density at radius 2 is 2.24 bits per heavy atom. The second-order valence-electron chi connectivity index (χ2n) is 5.61. The maximum atomic E-state index is 11.5. The monoisotopic (exact) mass is 255 g/mol. The van der Waals surface area contributed by atoms with Crippen LogP contribution < -0.4 is 11.1 Å². The van der Waals surface area contributed by atoms with E-state index < -0.39 is 0 Å². The zero-order valence-electron chi connectivity index (χ0n) is 10.9. The Labute approximate surface area is 107 Å². The van der Waals surface area contributed by atoms with Gasteiger partial charge in [-0.15, -0.1) is 11.3 Å². The third-order valence-corrected chi connectivity index (χ3v) is 2.82. The molecule has 1 amide bonds. The predicted octanol–water partition coefficient (Wildman–Crippen LogP) is 2.41. The zero-order chi connectivity index (χ0) is 13.1. The van der Waals surface area contributed by atoms with E-state index in [0.29, 0.717) is 11.6 Å². The van der Waals surface area contributed by atoms with E-state index in [1.54, 1.807) is 0 Å². The lowest BCUT2D eigenvalue weighted by atomic mass is 9.91. The number of thiazole rings is 1. The van der Waals surface area contributed by atoms with Gasteiger partial charge in [0.1, 0.15) is 0 Å². The quantitative estimate of drug-likeness (QED) is 0.868. The van der Waals surface area contributed by atoms with E-state index in [1.807, 2.05) is 12.3 Å². The van der Waals surface area contributed by atoms with E-state index in [0.717, 1.165) is 12.1 Å². The highest BCUT2D eigenvalue weighted by Gasteiger charge is 2.14. The Balaban J connectivity index is 2.54. The average molecular weight is 255 g/mol. The molecule has 0 saturated carbocycles. The molecule has 96 valence electrons. The van der Waals surface area contributed by atoms with Gasteiger partial charge in [0.25, 0.3) is 0 Å². The van der Waals surface area contributed by atoms with Crippen LogP contribution in [0.25, 0.3) is 0 Å². The van der Waals surface area contributed by atoms with Crippen molar-refractivity contribution in [2.45, 2.75) is 46.6 Å². The topological polar surface area (TPSA) is 68.0 Å². The molecule has 0 spiro atoms. The molecular formula is C12H21N3OS. The van der Waals surface area contributed by atoms with Crippen LogP contribution >= 0.6 is 11.3 Å². The van der Waals surface area contributed by atoms with E-state index in [2.05, 4.69) is 31.1 Å². The Morgan fingerprint density at radius 3 is 2.76 bits per heavy atom. The van der Waals surface area contributed by atoms with E-state index >= 15 is 0 Å². The molecule has 0 aliphatic rings. The first-order chi connectivity index (χ1) is 7.76. The molecule has 17 heavy (non-hydrogen) atoms. The zero-order valence-corrected chi connectivity index (χ0v) is 11.7. The van der Waals surface area contributed by atoms with Gasteiger partial charge in [0.05, 0.1) is 5.69 Å². The Morgan fingerprint density at radius 1 is 1.59 bits per heavy atom. The van der Waals surface area contributed by atoms with Crippen LogP contribution in [0, 0.1) is 5.41 Å². The summed E-state index contributed by atoms with van der Waals surface area (Å²) < 4.78 is 0. The van der Waals surface area contributed by atoms with Gasteiger partial charge in [-0.3, -0.25) is 4.79 Å². The summed E-state index contributed by atoms with van der Waals surface area (Å²) in [4.78, 5) is 15.9. The minimum absolute atomic E-state index is 0.0725. The van der Waals surface area contributed by atoms with Gasteiger partial charge in [0, 0.05) is 17.8 Å². The summed E-state index contributed by atoms with van der Waals surface area (Å²) in [5.74, 6) is -0.0725. The first-order valence-electron chi connectivity index (χ1n) is 5.76. The Kier molecular flexibility index (Phi) is 4.65. The maximum Gasteiger partial charge on any atom is 0.227 e. The van der Waals surface area contributed by atoms with Crippen LogP contribution in [0.2, 0.25) is 0 Å². The number of carbonyl (C=O) groups is 1. The van der Waals surface area contributed by atoms with Crippen molar-refractivity contribution in [1.82, 2.24) is 4.98 Å². The molecule has 1 aromatic heterocycles. The van der Waals surface area contributed by atoms with Gasteiger partial charge in [-0.1, -0.05) is 20.8 Å². The highest BCUT2D eigenvalue weighted by atomic mass is 32.1. The van der Waals surface area contributed by atoms with Crippen molar-refractivity contribution in [1.29, 1.82) is 0 Å². The second kappa shape index (κ2) is 5.60. The number of anilines is 1. The largest absolute Gasteiger partial charge is 0.327 e. The van der Waals surface area contributed by atoms with Crippen LogP contribution in [0.3, 0.4) is 0 Å². The molecule has 0 radical (unpaired) electrons. The van der Waals surface area contributed by atoms with Crippen molar-refractivity contribution in [2.24, 2.45) is 11.1 Å². The van der Waals surface area contributed by atoms with Crippen molar-refractivity contribution in [3.05, 3.63) is 11.1 Å². The molecule has 1 unspecified atom stereocenters. The number of nitrogens with two attached hydrogens (primary N) is 1. The number of hydrogen-bond acceptors (Lipinski definition) is 4. The van der Waals surface area contributed by atoms with Crippen molar-refractivity contribution < 1.29 is 4.79 Å². The molecule has 1 atom stereocenters. The lowest BCUT2D eigenvalue weighted by Crippen LogP contribution is -2.23. The molecule has 5 heteroatoms. The van der Waals surface area contributed by atoms with E-state index in [-0.39, 0.29) is 17.4 Å². The molecule has 4 nitrogen and oxygen atoms in total. The highest BCUT2D eigenvalue weighted by Crippen LogP contribution is 2.23. The number of amides is 1. The van der Waals surface area contributed by atoms with E-state index in [4.69, 9.17) is 5.73 Å².